The van der Waals surface area contributed by atoms with Gasteiger partial charge in [0.2, 0.25) is 10.0 Å². The van der Waals surface area contributed by atoms with E-state index in [0.29, 0.717) is 18.8 Å². The third-order valence-electron chi connectivity index (χ3n) is 4.47. The minimum atomic E-state index is -3.49. The van der Waals surface area contributed by atoms with Crippen molar-refractivity contribution in [3.63, 3.8) is 0 Å². The van der Waals surface area contributed by atoms with Crippen LogP contribution in [0.3, 0.4) is 0 Å². The number of nitrogens with two attached hydrogens (primary N) is 1. The van der Waals surface area contributed by atoms with Gasteiger partial charge in [-0.05, 0) is 50.1 Å². The summed E-state index contributed by atoms with van der Waals surface area (Å²) in [5, 5.41) is 4.62. The van der Waals surface area contributed by atoms with Gasteiger partial charge in [-0.15, -0.1) is 0 Å². The Kier molecular flexibility index (Phi) is 5.75. The van der Waals surface area contributed by atoms with Crippen molar-refractivity contribution in [2.75, 3.05) is 25.0 Å². The zero-order valence-electron chi connectivity index (χ0n) is 14.7. The molecule has 1 saturated heterocycles. The average molecular weight is 378 g/mol. The summed E-state index contributed by atoms with van der Waals surface area (Å²) >= 11 is 0. The zero-order valence-corrected chi connectivity index (χ0v) is 15.5. The van der Waals surface area contributed by atoms with Crippen LogP contribution in [0.4, 0.5) is 5.69 Å². The topological polar surface area (TPSA) is 96.2 Å². The Bertz CT molecular complexity index is 843. The molecule has 1 amide bonds. The van der Waals surface area contributed by atoms with E-state index in [1.807, 2.05) is 24.4 Å². The number of carbonyl (C=O) groups excluding carboxylic acids is 1. The van der Waals surface area contributed by atoms with Crippen LogP contribution >= 0.6 is 0 Å². The molecule has 0 unspecified atom stereocenters. The smallest absolute Gasteiger partial charge is 0.279 e. The average Bonchev–Trinajstić information content (AvgIpc) is 3.33. The number of furan rings is 1. The number of quaternary nitrogens is 1. The van der Waals surface area contributed by atoms with E-state index in [1.165, 1.54) is 10.4 Å². The molecular formula is C18H24N3O4S+. The van der Waals surface area contributed by atoms with E-state index < -0.39 is 10.0 Å². The minimum Gasteiger partial charge on any atom is -0.463 e. The predicted molar refractivity (Wildman–Crippen MR) is 97.0 cm³/mol. The van der Waals surface area contributed by atoms with Gasteiger partial charge in [0.05, 0.1) is 11.2 Å². The normalized spacial score (nSPS) is 16.5. The van der Waals surface area contributed by atoms with Crippen LogP contribution in [0.2, 0.25) is 0 Å². The van der Waals surface area contributed by atoms with Crippen LogP contribution < -0.4 is 10.6 Å². The maximum Gasteiger partial charge on any atom is 0.279 e. The second-order valence-electron chi connectivity index (χ2n) is 6.43. The molecule has 7 nitrogen and oxygen atoms in total. The monoisotopic (exact) mass is 378 g/mol. The number of nitrogens with zero attached hydrogens (tertiary/aromatic N) is 1. The summed E-state index contributed by atoms with van der Waals surface area (Å²) in [5.41, 5.74) is 0.481. The minimum absolute atomic E-state index is 0.0256. The molecule has 3 N–H and O–H groups in total. The second kappa shape index (κ2) is 8.03. The lowest BCUT2D eigenvalue weighted by molar-refractivity contribution is -0.684. The maximum atomic E-state index is 12.6. The molecule has 0 saturated carbocycles. The predicted octanol–water partition coefficient (Wildman–Crippen LogP) is 1.33. The Labute approximate surface area is 153 Å². The standard InChI is InChI=1S/C18H23N3O4S/c1-14(17-8-5-11-25-17)19-13-18(22)20-15-6-4-7-16(12-15)26(23,24)21-9-2-3-10-21/h4-8,11-12,14,19H,2-3,9-10,13H2,1H3,(H,20,22)/p+1/t14-/m1/s1. The molecule has 1 aromatic carbocycles. The van der Waals surface area contributed by atoms with Gasteiger partial charge in [0.25, 0.3) is 5.91 Å². The first-order chi connectivity index (χ1) is 12.5. The van der Waals surface area contributed by atoms with Crippen LogP contribution in [-0.4, -0.2) is 38.3 Å². The van der Waals surface area contributed by atoms with Crippen molar-refractivity contribution in [2.24, 2.45) is 0 Å². The SMILES string of the molecule is C[C@@H]([NH2+]CC(=O)Nc1cccc(S(=O)(=O)N2CCCC2)c1)c1ccco1. The van der Waals surface area contributed by atoms with Crippen LogP contribution in [0.1, 0.15) is 31.6 Å². The van der Waals surface area contributed by atoms with Crippen molar-refractivity contribution in [3.05, 3.63) is 48.4 Å². The van der Waals surface area contributed by atoms with Crippen molar-refractivity contribution in [3.8, 4) is 0 Å². The Hall–Kier alpha value is -2.16. The first kappa shape index (κ1) is 18.6. The number of sulfonamides is 1. The number of nitrogens with one attached hydrogen (secondary N) is 1. The summed E-state index contributed by atoms with van der Waals surface area (Å²) in [6.45, 7) is 3.28. The van der Waals surface area contributed by atoms with Gasteiger partial charge in [0.15, 0.2) is 12.3 Å². The van der Waals surface area contributed by atoms with Crippen molar-refractivity contribution >= 4 is 21.6 Å². The van der Waals surface area contributed by atoms with Crippen LogP contribution in [0.5, 0.6) is 0 Å². The molecule has 2 heterocycles. The fourth-order valence-electron chi connectivity index (χ4n) is 2.97. The number of anilines is 1. The third kappa shape index (κ3) is 4.32. The van der Waals surface area contributed by atoms with Crippen LogP contribution in [0, 0.1) is 0 Å². The number of benzene rings is 1. The van der Waals surface area contributed by atoms with Gasteiger partial charge in [-0.1, -0.05) is 6.07 Å². The summed E-state index contributed by atoms with van der Waals surface area (Å²) in [5.74, 6) is 0.607. The largest absolute Gasteiger partial charge is 0.463 e. The fourth-order valence-corrected chi connectivity index (χ4v) is 4.54. The quantitative estimate of drug-likeness (QED) is 0.760. The molecule has 0 bridgehead atoms. The van der Waals surface area contributed by atoms with E-state index >= 15 is 0 Å². The lowest BCUT2D eigenvalue weighted by atomic mass is 10.2. The lowest BCUT2D eigenvalue weighted by Crippen LogP contribution is -2.86. The molecule has 8 heteroatoms. The summed E-state index contributed by atoms with van der Waals surface area (Å²) in [6, 6.07) is 10.1. The first-order valence-corrected chi connectivity index (χ1v) is 10.2. The van der Waals surface area contributed by atoms with E-state index in [-0.39, 0.29) is 23.4 Å². The van der Waals surface area contributed by atoms with Crippen LogP contribution in [0.15, 0.2) is 52.0 Å². The van der Waals surface area contributed by atoms with Gasteiger partial charge in [0, 0.05) is 18.8 Å². The van der Waals surface area contributed by atoms with Gasteiger partial charge in [-0.2, -0.15) is 4.31 Å². The van der Waals surface area contributed by atoms with E-state index in [9.17, 15) is 13.2 Å². The Morgan fingerprint density at radius 1 is 1.27 bits per heavy atom. The van der Waals surface area contributed by atoms with Crippen molar-refractivity contribution < 1.29 is 22.9 Å². The molecule has 26 heavy (non-hydrogen) atoms. The molecule has 2 aromatic rings. The lowest BCUT2D eigenvalue weighted by Gasteiger charge is -2.16. The van der Waals surface area contributed by atoms with Gasteiger partial charge in [-0.25, -0.2) is 8.42 Å². The van der Waals surface area contributed by atoms with Gasteiger partial charge < -0.3 is 15.1 Å². The molecule has 3 rings (SSSR count). The highest BCUT2D eigenvalue weighted by Crippen LogP contribution is 2.23. The van der Waals surface area contributed by atoms with Crippen molar-refractivity contribution in [1.29, 1.82) is 0 Å². The highest BCUT2D eigenvalue weighted by atomic mass is 32.2. The van der Waals surface area contributed by atoms with Gasteiger partial charge in [-0.3, -0.25) is 4.79 Å². The van der Waals surface area contributed by atoms with E-state index in [0.717, 1.165) is 18.6 Å². The molecule has 0 spiro atoms. The summed E-state index contributed by atoms with van der Waals surface area (Å²) in [6.07, 6.45) is 3.38. The number of amides is 1. The molecule has 0 aliphatic carbocycles. The third-order valence-corrected chi connectivity index (χ3v) is 6.36. The number of hydrogen-bond donors (Lipinski definition) is 2. The highest BCUT2D eigenvalue weighted by molar-refractivity contribution is 7.89. The summed E-state index contributed by atoms with van der Waals surface area (Å²) in [4.78, 5) is 12.4. The Morgan fingerprint density at radius 3 is 2.73 bits per heavy atom. The van der Waals surface area contributed by atoms with Gasteiger partial charge >= 0.3 is 0 Å². The molecule has 1 atom stereocenters. The molecule has 1 aromatic heterocycles. The van der Waals surface area contributed by atoms with Crippen LogP contribution in [-0.2, 0) is 14.8 Å². The molecule has 1 aliphatic heterocycles. The summed E-state index contributed by atoms with van der Waals surface area (Å²) < 4.78 is 32.0. The molecule has 0 radical (unpaired) electrons. The van der Waals surface area contributed by atoms with Crippen molar-refractivity contribution in [2.45, 2.75) is 30.7 Å². The Balaban J connectivity index is 1.60. The van der Waals surface area contributed by atoms with E-state index in [1.54, 1.807) is 24.5 Å². The maximum absolute atomic E-state index is 12.6. The first-order valence-electron chi connectivity index (χ1n) is 8.73. The second-order valence-corrected chi connectivity index (χ2v) is 8.37. The van der Waals surface area contributed by atoms with Gasteiger partial charge in [0.1, 0.15) is 6.04 Å². The Morgan fingerprint density at radius 2 is 2.04 bits per heavy atom. The molecule has 1 aliphatic rings. The highest BCUT2D eigenvalue weighted by Gasteiger charge is 2.27. The van der Waals surface area contributed by atoms with E-state index in [4.69, 9.17) is 4.42 Å². The zero-order chi connectivity index (χ0) is 18.6. The molecule has 1 fully saturated rings. The van der Waals surface area contributed by atoms with Crippen molar-refractivity contribution in [1.82, 2.24) is 4.31 Å². The van der Waals surface area contributed by atoms with E-state index in [2.05, 4.69) is 5.32 Å². The van der Waals surface area contributed by atoms with Crippen LogP contribution in [0.25, 0.3) is 0 Å². The number of hydrogen-bond acceptors (Lipinski definition) is 4. The fraction of sp³-hybridized carbons (Fsp3) is 0.389. The number of carbonyl (C=O) groups is 1. The molecular weight excluding hydrogens is 354 g/mol. The summed E-state index contributed by atoms with van der Waals surface area (Å²) in [7, 11) is -3.49. The molecule has 140 valence electrons. The number of rotatable bonds is 7.